The van der Waals surface area contributed by atoms with Gasteiger partial charge in [-0.05, 0) is 65.9 Å². The van der Waals surface area contributed by atoms with Crippen LogP contribution in [0.3, 0.4) is 0 Å². The van der Waals surface area contributed by atoms with E-state index < -0.39 is 16.1 Å². The van der Waals surface area contributed by atoms with Gasteiger partial charge in [0.2, 0.25) is 15.9 Å². The first-order valence-corrected chi connectivity index (χ1v) is 12.7. The highest BCUT2D eigenvalue weighted by Gasteiger charge is 2.39. The van der Waals surface area contributed by atoms with Crippen molar-refractivity contribution in [3.05, 3.63) is 107 Å². The van der Waals surface area contributed by atoms with Crippen LogP contribution in [0.25, 0.3) is 10.8 Å². The molecule has 0 saturated heterocycles. The van der Waals surface area contributed by atoms with Gasteiger partial charge in [0.15, 0.2) is 0 Å². The minimum absolute atomic E-state index is 0.149. The van der Waals surface area contributed by atoms with Gasteiger partial charge in [-0.1, -0.05) is 72.3 Å². The highest BCUT2D eigenvalue weighted by Crippen LogP contribution is 2.31. The number of amides is 1. The van der Waals surface area contributed by atoms with Gasteiger partial charge in [0.1, 0.15) is 6.04 Å². The smallest absolute Gasteiger partial charge is 0.244 e. The van der Waals surface area contributed by atoms with Gasteiger partial charge in [0.05, 0.1) is 4.90 Å². The average molecular weight is 471 g/mol. The molecule has 1 atom stereocenters. The Morgan fingerprint density at radius 1 is 0.853 bits per heavy atom. The molecule has 1 aliphatic rings. The second kappa shape index (κ2) is 8.70. The number of benzene rings is 4. The van der Waals surface area contributed by atoms with Gasteiger partial charge >= 0.3 is 0 Å². The van der Waals surface area contributed by atoms with E-state index in [1.54, 1.807) is 12.1 Å². The summed E-state index contributed by atoms with van der Waals surface area (Å²) < 4.78 is 29.1. The molecule has 0 unspecified atom stereocenters. The number of hydrogen-bond donors (Lipinski definition) is 1. The lowest BCUT2D eigenvalue weighted by Gasteiger charge is -2.35. The third-order valence-corrected chi connectivity index (χ3v) is 8.33. The average Bonchev–Trinajstić information content (AvgIpc) is 2.84. The fraction of sp³-hybridized carbons (Fsp3) is 0.179. The van der Waals surface area contributed by atoms with Crippen LogP contribution >= 0.6 is 0 Å². The molecule has 0 aliphatic carbocycles. The maximum absolute atomic E-state index is 13.9. The Morgan fingerprint density at radius 3 is 2.32 bits per heavy atom. The molecule has 172 valence electrons. The molecule has 0 radical (unpaired) electrons. The Bertz CT molecular complexity index is 1510. The first kappa shape index (κ1) is 22.3. The molecule has 0 bridgehead atoms. The molecule has 1 amide bonds. The van der Waals surface area contributed by atoms with Crippen LogP contribution in [0.4, 0.5) is 5.69 Å². The molecule has 34 heavy (non-hydrogen) atoms. The second-order valence-electron chi connectivity index (χ2n) is 8.86. The van der Waals surface area contributed by atoms with Gasteiger partial charge in [-0.15, -0.1) is 0 Å². The summed E-state index contributed by atoms with van der Waals surface area (Å²) >= 11 is 0. The molecule has 4 aromatic carbocycles. The monoisotopic (exact) mass is 470 g/mol. The van der Waals surface area contributed by atoms with Crippen LogP contribution in [-0.4, -0.2) is 24.7 Å². The van der Waals surface area contributed by atoms with Gasteiger partial charge in [0.25, 0.3) is 0 Å². The maximum atomic E-state index is 13.9. The van der Waals surface area contributed by atoms with E-state index in [-0.39, 0.29) is 17.3 Å². The topological polar surface area (TPSA) is 66.5 Å². The number of anilines is 1. The predicted octanol–water partition coefficient (Wildman–Crippen LogP) is 5.21. The van der Waals surface area contributed by atoms with Crippen LogP contribution in [0.1, 0.15) is 22.3 Å². The minimum Gasteiger partial charge on any atom is -0.324 e. The summed E-state index contributed by atoms with van der Waals surface area (Å²) in [6, 6.07) is 25.4. The number of carbonyl (C=O) groups excluding carboxylic acids is 1. The number of sulfonamides is 1. The molecule has 5 rings (SSSR count). The van der Waals surface area contributed by atoms with Crippen molar-refractivity contribution in [3.8, 4) is 0 Å². The zero-order chi connectivity index (χ0) is 23.9. The van der Waals surface area contributed by atoms with Gasteiger partial charge in [-0.2, -0.15) is 4.31 Å². The molecule has 0 spiro atoms. The van der Waals surface area contributed by atoms with Crippen molar-refractivity contribution >= 4 is 32.4 Å². The molecule has 1 N–H and O–H groups in total. The van der Waals surface area contributed by atoms with E-state index in [4.69, 9.17) is 0 Å². The Balaban J connectivity index is 1.54. The molecule has 6 heteroatoms. The number of nitrogens with one attached hydrogen (secondary N) is 1. The first-order chi connectivity index (χ1) is 16.3. The third kappa shape index (κ3) is 4.11. The zero-order valence-corrected chi connectivity index (χ0v) is 20.0. The summed E-state index contributed by atoms with van der Waals surface area (Å²) in [5.74, 6) is -0.328. The molecule has 5 nitrogen and oxygen atoms in total. The van der Waals surface area contributed by atoms with E-state index in [1.807, 2.05) is 86.6 Å². The third-order valence-electron chi connectivity index (χ3n) is 6.48. The molecular formula is C28H26N2O3S. The summed E-state index contributed by atoms with van der Waals surface area (Å²) in [5.41, 5.74) is 4.64. The van der Waals surface area contributed by atoms with Crippen LogP contribution < -0.4 is 5.32 Å². The van der Waals surface area contributed by atoms with E-state index in [9.17, 15) is 13.2 Å². The summed E-state index contributed by atoms with van der Waals surface area (Å²) in [5, 5.41) is 4.79. The van der Waals surface area contributed by atoms with Crippen molar-refractivity contribution in [2.24, 2.45) is 0 Å². The normalized spacial score (nSPS) is 16.2. The maximum Gasteiger partial charge on any atom is 0.244 e. The van der Waals surface area contributed by atoms with Gasteiger partial charge < -0.3 is 5.32 Å². The summed E-state index contributed by atoms with van der Waals surface area (Å²) in [6.45, 7) is 4.08. The van der Waals surface area contributed by atoms with E-state index >= 15 is 0 Å². The lowest BCUT2D eigenvalue weighted by Crippen LogP contribution is -2.50. The Hall–Kier alpha value is -3.48. The van der Waals surface area contributed by atoms with Crippen molar-refractivity contribution < 1.29 is 13.2 Å². The predicted molar refractivity (Wildman–Crippen MR) is 135 cm³/mol. The molecule has 4 aromatic rings. The summed E-state index contributed by atoms with van der Waals surface area (Å²) in [6.07, 6.45) is 0.319. The number of rotatable bonds is 4. The molecular weight excluding hydrogens is 444 g/mol. The number of aryl methyl sites for hydroxylation is 2. The van der Waals surface area contributed by atoms with Crippen molar-refractivity contribution in [1.82, 2.24) is 4.31 Å². The lowest BCUT2D eigenvalue weighted by molar-refractivity contribution is -0.120. The number of nitrogens with zero attached hydrogens (tertiary/aromatic N) is 1. The SMILES string of the molecule is Cc1ccc(NC(=O)[C@H]2Cc3ccccc3CN2S(=O)(=O)c2ccc3ccccc3c2)c(C)c1. The second-order valence-corrected chi connectivity index (χ2v) is 10.7. The highest BCUT2D eigenvalue weighted by molar-refractivity contribution is 7.89. The Labute approximate surface area is 200 Å². The molecule has 0 saturated carbocycles. The van der Waals surface area contributed by atoms with E-state index in [0.717, 1.165) is 33.0 Å². The summed E-state index contributed by atoms with van der Waals surface area (Å²) in [7, 11) is -3.93. The van der Waals surface area contributed by atoms with Gasteiger partial charge in [-0.3, -0.25) is 4.79 Å². The number of fused-ring (bicyclic) bond motifs is 2. The van der Waals surface area contributed by atoms with E-state index in [2.05, 4.69) is 5.32 Å². The van der Waals surface area contributed by atoms with Crippen LogP contribution in [0.2, 0.25) is 0 Å². The largest absolute Gasteiger partial charge is 0.324 e. The van der Waals surface area contributed by atoms with Gasteiger partial charge in [-0.25, -0.2) is 8.42 Å². The fourth-order valence-corrected chi connectivity index (χ4v) is 6.21. The molecule has 0 fully saturated rings. The first-order valence-electron chi connectivity index (χ1n) is 11.3. The van der Waals surface area contributed by atoms with Crippen molar-refractivity contribution in [1.29, 1.82) is 0 Å². The fourth-order valence-electron chi connectivity index (χ4n) is 4.61. The lowest BCUT2D eigenvalue weighted by atomic mass is 9.95. The van der Waals surface area contributed by atoms with Crippen molar-refractivity contribution in [3.63, 3.8) is 0 Å². The highest BCUT2D eigenvalue weighted by atomic mass is 32.2. The van der Waals surface area contributed by atoms with Crippen LogP contribution in [0.15, 0.2) is 89.8 Å². The number of hydrogen-bond acceptors (Lipinski definition) is 3. The molecule has 0 aromatic heterocycles. The van der Waals surface area contributed by atoms with E-state index in [1.165, 1.54) is 4.31 Å². The van der Waals surface area contributed by atoms with Gasteiger partial charge in [0, 0.05) is 12.2 Å². The number of carbonyl (C=O) groups is 1. The molecule has 1 aliphatic heterocycles. The van der Waals surface area contributed by atoms with Crippen LogP contribution in [0, 0.1) is 13.8 Å². The van der Waals surface area contributed by atoms with Crippen molar-refractivity contribution in [2.75, 3.05) is 5.32 Å². The van der Waals surface area contributed by atoms with E-state index in [0.29, 0.717) is 12.1 Å². The Morgan fingerprint density at radius 2 is 1.56 bits per heavy atom. The zero-order valence-electron chi connectivity index (χ0n) is 19.2. The van der Waals surface area contributed by atoms with Crippen LogP contribution in [-0.2, 0) is 27.8 Å². The van der Waals surface area contributed by atoms with Crippen molar-refractivity contribution in [2.45, 2.75) is 37.8 Å². The molecule has 1 heterocycles. The minimum atomic E-state index is -3.93. The standard InChI is InChI=1S/C28H26N2O3S/c1-19-11-14-26(20(2)15-19)29-28(31)27-17-23-9-5-6-10-24(23)18-30(27)34(32,33)25-13-12-21-7-3-4-8-22(21)16-25/h3-16,27H,17-18H2,1-2H3,(H,29,31)/t27-/m1/s1. The summed E-state index contributed by atoms with van der Waals surface area (Å²) in [4.78, 5) is 13.7. The Kier molecular flexibility index (Phi) is 5.71. The van der Waals surface area contributed by atoms with Crippen LogP contribution in [0.5, 0.6) is 0 Å². The quantitative estimate of drug-likeness (QED) is 0.445.